The van der Waals surface area contributed by atoms with Gasteiger partial charge in [0.25, 0.3) is 0 Å². The van der Waals surface area contributed by atoms with E-state index in [1.807, 2.05) is 11.6 Å². The maximum Gasteiger partial charge on any atom is 0.225 e. The van der Waals surface area contributed by atoms with Crippen molar-refractivity contribution in [1.29, 1.82) is 0 Å². The number of methoxy groups -OCH3 is 1. The van der Waals surface area contributed by atoms with E-state index in [-0.39, 0.29) is 24.1 Å². The van der Waals surface area contributed by atoms with Gasteiger partial charge < -0.3 is 10.1 Å². The molecule has 0 saturated carbocycles. The van der Waals surface area contributed by atoms with Crippen LogP contribution in [0.15, 0.2) is 48.7 Å². The number of amides is 1. The van der Waals surface area contributed by atoms with Crippen molar-refractivity contribution in [1.82, 2.24) is 9.78 Å². The molecule has 1 atom stereocenters. The molecule has 156 valence electrons. The summed E-state index contributed by atoms with van der Waals surface area (Å²) < 4.78 is 20.8. The van der Waals surface area contributed by atoms with Crippen molar-refractivity contribution in [3.63, 3.8) is 0 Å². The highest BCUT2D eigenvalue weighted by molar-refractivity contribution is 5.90. The molecule has 1 unspecified atom stereocenters. The van der Waals surface area contributed by atoms with E-state index >= 15 is 0 Å². The molecule has 0 saturated heterocycles. The molecule has 1 aliphatic rings. The lowest BCUT2D eigenvalue weighted by molar-refractivity contribution is -0.116. The van der Waals surface area contributed by atoms with Gasteiger partial charge in [-0.25, -0.2) is 9.07 Å². The van der Waals surface area contributed by atoms with Crippen LogP contribution in [0.4, 0.5) is 10.2 Å². The molecule has 0 spiro atoms. The van der Waals surface area contributed by atoms with Gasteiger partial charge in [-0.15, -0.1) is 0 Å². The third-order valence-corrected chi connectivity index (χ3v) is 5.73. The molecule has 3 aromatic rings. The molecular weight excluding hydrogens is 381 g/mol. The second-order valence-corrected chi connectivity index (χ2v) is 7.74. The van der Waals surface area contributed by atoms with Gasteiger partial charge in [0.05, 0.1) is 19.3 Å². The fourth-order valence-electron chi connectivity index (χ4n) is 4.14. The molecule has 0 aliphatic heterocycles. The highest BCUT2D eigenvalue weighted by atomic mass is 19.1. The highest BCUT2D eigenvalue weighted by Crippen LogP contribution is 2.35. The topological polar surface area (TPSA) is 56.1 Å². The molecule has 0 fully saturated rings. The summed E-state index contributed by atoms with van der Waals surface area (Å²) >= 11 is 0. The second kappa shape index (κ2) is 8.69. The van der Waals surface area contributed by atoms with Crippen molar-refractivity contribution in [2.24, 2.45) is 0 Å². The third-order valence-electron chi connectivity index (χ3n) is 5.73. The van der Waals surface area contributed by atoms with Gasteiger partial charge in [0.1, 0.15) is 5.82 Å². The molecular formula is C24H26FN3O2. The number of aryl methyl sites for hydroxylation is 3. The summed E-state index contributed by atoms with van der Waals surface area (Å²) in [7, 11) is 1.43. The zero-order chi connectivity index (χ0) is 21.1. The number of hydrogen-bond acceptors (Lipinski definition) is 3. The summed E-state index contributed by atoms with van der Waals surface area (Å²) in [6, 6.07) is 13.4. The predicted octanol–water partition coefficient (Wildman–Crippen LogP) is 4.84. The summed E-state index contributed by atoms with van der Waals surface area (Å²) in [4.78, 5) is 12.7. The van der Waals surface area contributed by atoms with E-state index in [0.29, 0.717) is 6.42 Å². The van der Waals surface area contributed by atoms with Gasteiger partial charge >= 0.3 is 0 Å². The van der Waals surface area contributed by atoms with Crippen LogP contribution in [0.3, 0.4) is 0 Å². The number of halogens is 1. The first kappa shape index (κ1) is 20.1. The lowest BCUT2D eigenvalue weighted by Crippen LogP contribution is -2.22. The monoisotopic (exact) mass is 407 g/mol. The molecule has 1 aromatic heterocycles. The van der Waals surface area contributed by atoms with Gasteiger partial charge in [-0.1, -0.05) is 30.3 Å². The van der Waals surface area contributed by atoms with Crippen molar-refractivity contribution in [3.8, 4) is 5.75 Å². The Morgan fingerprint density at radius 3 is 2.93 bits per heavy atom. The lowest BCUT2D eigenvalue weighted by Gasteiger charge is -2.27. The normalized spacial score (nSPS) is 15.5. The Bertz CT molecular complexity index is 1060. The molecule has 2 aromatic carbocycles. The Balaban J connectivity index is 1.48. The fraction of sp³-hybridized carbons (Fsp3) is 0.333. The molecule has 5 nitrogen and oxygen atoms in total. The Kier molecular flexibility index (Phi) is 5.84. The van der Waals surface area contributed by atoms with Crippen LogP contribution < -0.4 is 10.1 Å². The first-order valence-electron chi connectivity index (χ1n) is 10.3. The summed E-state index contributed by atoms with van der Waals surface area (Å²) in [5, 5.41) is 7.62. The van der Waals surface area contributed by atoms with Gasteiger partial charge in [0.2, 0.25) is 5.91 Å². The number of rotatable bonds is 6. The fourth-order valence-corrected chi connectivity index (χ4v) is 4.14. The Labute approximate surface area is 175 Å². The van der Waals surface area contributed by atoms with Gasteiger partial charge in [0, 0.05) is 12.0 Å². The number of aromatic nitrogens is 2. The number of hydrogen-bond donors (Lipinski definition) is 1. The van der Waals surface area contributed by atoms with Crippen LogP contribution in [-0.2, 0) is 17.6 Å². The molecule has 1 aliphatic carbocycles. The summed E-state index contributed by atoms with van der Waals surface area (Å²) in [5.41, 5.74) is 4.31. The van der Waals surface area contributed by atoms with Crippen molar-refractivity contribution in [2.45, 2.75) is 45.1 Å². The van der Waals surface area contributed by atoms with Crippen LogP contribution in [0.1, 0.15) is 47.6 Å². The van der Waals surface area contributed by atoms with E-state index < -0.39 is 5.82 Å². The van der Waals surface area contributed by atoms with Crippen LogP contribution in [-0.4, -0.2) is 22.8 Å². The Morgan fingerprint density at radius 2 is 2.13 bits per heavy atom. The maximum absolute atomic E-state index is 13.9. The summed E-state index contributed by atoms with van der Waals surface area (Å²) in [6.45, 7) is 1.95. The molecule has 1 N–H and O–H groups in total. The zero-order valence-electron chi connectivity index (χ0n) is 17.3. The largest absolute Gasteiger partial charge is 0.494 e. The minimum atomic E-state index is -0.416. The van der Waals surface area contributed by atoms with E-state index in [1.165, 1.54) is 24.3 Å². The molecule has 1 amide bonds. The number of nitrogens with zero attached hydrogens (tertiary/aromatic N) is 2. The van der Waals surface area contributed by atoms with Crippen molar-refractivity contribution < 1.29 is 13.9 Å². The number of anilines is 1. The minimum Gasteiger partial charge on any atom is -0.494 e. The lowest BCUT2D eigenvalue weighted by atomic mass is 9.88. The van der Waals surface area contributed by atoms with E-state index in [0.717, 1.165) is 36.2 Å². The molecule has 30 heavy (non-hydrogen) atoms. The summed E-state index contributed by atoms with van der Waals surface area (Å²) in [5.74, 6) is 0.415. The standard InChI is InChI=1S/C24H26FN3O2/c1-16-15-26-28(21-9-5-7-18-6-3-4-8-19(18)21)24(16)27-23(29)13-11-17-10-12-22(30-2)20(25)14-17/h3-4,6,8,10,12,14-15,21H,5,7,9,11,13H2,1-2H3,(H,27,29). The Morgan fingerprint density at radius 1 is 1.30 bits per heavy atom. The van der Waals surface area contributed by atoms with Crippen molar-refractivity contribution in [3.05, 3.63) is 76.7 Å². The first-order valence-corrected chi connectivity index (χ1v) is 10.3. The molecule has 0 bridgehead atoms. The van der Waals surface area contributed by atoms with Crippen LogP contribution in [0.2, 0.25) is 0 Å². The molecule has 6 heteroatoms. The minimum absolute atomic E-state index is 0.111. The molecule has 1 heterocycles. The highest BCUT2D eigenvalue weighted by Gasteiger charge is 2.25. The van der Waals surface area contributed by atoms with E-state index in [2.05, 4.69) is 34.7 Å². The van der Waals surface area contributed by atoms with E-state index in [9.17, 15) is 9.18 Å². The zero-order valence-corrected chi connectivity index (χ0v) is 17.3. The summed E-state index contributed by atoms with van der Waals surface area (Å²) in [6.07, 6.45) is 5.67. The third kappa shape index (κ3) is 4.08. The quantitative estimate of drug-likeness (QED) is 0.636. The molecule has 4 rings (SSSR count). The SMILES string of the molecule is COc1ccc(CCC(=O)Nc2c(C)cnn2C2CCCc3ccccc32)cc1F. The Hall–Kier alpha value is -3.15. The molecule has 0 radical (unpaired) electrons. The van der Waals surface area contributed by atoms with Gasteiger partial charge in [-0.05, 0) is 61.4 Å². The maximum atomic E-state index is 13.9. The predicted molar refractivity (Wildman–Crippen MR) is 114 cm³/mol. The van der Waals surface area contributed by atoms with Gasteiger partial charge in [0.15, 0.2) is 11.6 Å². The average Bonchev–Trinajstić information content (AvgIpc) is 3.12. The van der Waals surface area contributed by atoms with Crippen LogP contribution in [0.25, 0.3) is 0 Å². The number of nitrogens with one attached hydrogen (secondary N) is 1. The smallest absolute Gasteiger partial charge is 0.225 e. The van der Waals surface area contributed by atoms with E-state index in [4.69, 9.17) is 4.74 Å². The van der Waals surface area contributed by atoms with Gasteiger partial charge in [-0.2, -0.15) is 5.10 Å². The van der Waals surface area contributed by atoms with Crippen LogP contribution in [0, 0.1) is 12.7 Å². The number of carbonyl (C=O) groups excluding carboxylic acids is 1. The van der Waals surface area contributed by atoms with Crippen LogP contribution in [0.5, 0.6) is 5.75 Å². The second-order valence-electron chi connectivity index (χ2n) is 7.74. The van der Waals surface area contributed by atoms with Crippen molar-refractivity contribution >= 4 is 11.7 Å². The number of fused-ring (bicyclic) bond motifs is 1. The van der Waals surface area contributed by atoms with E-state index in [1.54, 1.807) is 18.3 Å². The number of ether oxygens (including phenoxy) is 1. The van der Waals surface area contributed by atoms with Gasteiger partial charge in [-0.3, -0.25) is 4.79 Å². The average molecular weight is 407 g/mol. The number of carbonyl (C=O) groups is 1. The number of benzene rings is 2. The first-order chi connectivity index (χ1) is 14.6. The van der Waals surface area contributed by atoms with Crippen molar-refractivity contribution in [2.75, 3.05) is 12.4 Å². The van der Waals surface area contributed by atoms with Crippen LogP contribution >= 0.6 is 0 Å².